The first-order chi connectivity index (χ1) is 10.4. The fourth-order valence-corrected chi connectivity index (χ4v) is 2.14. The number of carbonyl (C=O) groups is 2. The summed E-state index contributed by atoms with van der Waals surface area (Å²) in [7, 11) is 0. The van der Waals surface area contributed by atoms with Gasteiger partial charge in [0.2, 0.25) is 5.91 Å². The Kier molecular flexibility index (Phi) is 7.11. The van der Waals surface area contributed by atoms with Gasteiger partial charge in [0.25, 0.3) is 5.91 Å². The smallest absolute Gasteiger partial charge is 0.287 e. The summed E-state index contributed by atoms with van der Waals surface area (Å²) >= 11 is 0. The molecule has 22 heavy (non-hydrogen) atoms. The van der Waals surface area contributed by atoms with Crippen molar-refractivity contribution >= 4 is 11.8 Å². The maximum Gasteiger partial charge on any atom is 0.287 e. The molecule has 0 saturated heterocycles. The molecule has 0 aliphatic heterocycles. The monoisotopic (exact) mass is 310 g/mol. The molecule has 2 unspecified atom stereocenters. The second-order valence-electron chi connectivity index (χ2n) is 6.04. The van der Waals surface area contributed by atoms with E-state index in [9.17, 15) is 9.59 Å². The molecule has 0 spiro atoms. The van der Waals surface area contributed by atoms with Crippen molar-refractivity contribution in [2.75, 3.05) is 6.61 Å². The largest absolute Gasteiger partial charge is 0.459 e. The van der Waals surface area contributed by atoms with Gasteiger partial charge in [-0.25, -0.2) is 0 Å². The fraction of sp³-hybridized carbons (Fsp3) is 0.625. The van der Waals surface area contributed by atoms with Crippen LogP contribution in [0.25, 0.3) is 0 Å². The first-order valence-electron chi connectivity index (χ1n) is 7.62. The van der Waals surface area contributed by atoms with Gasteiger partial charge in [-0.2, -0.15) is 0 Å². The van der Waals surface area contributed by atoms with Gasteiger partial charge in [0.15, 0.2) is 5.76 Å². The zero-order valence-electron chi connectivity index (χ0n) is 13.6. The summed E-state index contributed by atoms with van der Waals surface area (Å²) in [5, 5.41) is 14.7. The average Bonchev–Trinajstić information content (AvgIpc) is 2.97. The molecule has 0 aromatic carbocycles. The molecule has 124 valence electrons. The van der Waals surface area contributed by atoms with E-state index < -0.39 is 11.9 Å². The van der Waals surface area contributed by atoms with Crippen molar-refractivity contribution in [3.63, 3.8) is 0 Å². The minimum Gasteiger partial charge on any atom is -0.459 e. The quantitative estimate of drug-likeness (QED) is 0.679. The Balaban J connectivity index is 2.73. The summed E-state index contributed by atoms with van der Waals surface area (Å²) in [6.07, 6.45) is 1.90. The topological polar surface area (TPSA) is 91.6 Å². The lowest BCUT2D eigenvalue weighted by molar-refractivity contribution is -0.125. The molecule has 0 bridgehead atoms. The molecule has 6 nitrogen and oxygen atoms in total. The average molecular weight is 310 g/mol. The van der Waals surface area contributed by atoms with Crippen LogP contribution in [0.2, 0.25) is 0 Å². The van der Waals surface area contributed by atoms with E-state index >= 15 is 0 Å². The normalized spacial score (nSPS) is 14.0. The highest BCUT2D eigenvalue weighted by Gasteiger charge is 2.27. The Hall–Kier alpha value is -1.82. The third kappa shape index (κ3) is 5.18. The highest BCUT2D eigenvalue weighted by molar-refractivity contribution is 5.95. The zero-order valence-corrected chi connectivity index (χ0v) is 13.6. The molecule has 3 N–H and O–H groups in total. The lowest BCUT2D eigenvalue weighted by Crippen LogP contribution is -2.53. The van der Waals surface area contributed by atoms with Crippen molar-refractivity contribution in [2.24, 2.45) is 11.8 Å². The first kappa shape index (κ1) is 18.2. The number of aliphatic hydroxyl groups excluding tert-OH is 1. The molecule has 2 atom stereocenters. The van der Waals surface area contributed by atoms with Gasteiger partial charge < -0.3 is 20.2 Å². The van der Waals surface area contributed by atoms with E-state index in [4.69, 9.17) is 9.52 Å². The number of nitrogens with one attached hydrogen (secondary N) is 2. The molecule has 6 heteroatoms. The van der Waals surface area contributed by atoms with E-state index in [2.05, 4.69) is 10.6 Å². The van der Waals surface area contributed by atoms with E-state index in [1.807, 2.05) is 27.7 Å². The molecule has 1 heterocycles. The van der Waals surface area contributed by atoms with E-state index in [0.29, 0.717) is 6.42 Å². The van der Waals surface area contributed by atoms with Crippen molar-refractivity contribution in [3.8, 4) is 0 Å². The first-order valence-corrected chi connectivity index (χ1v) is 7.62. The minimum atomic E-state index is -0.655. The summed E-state index contributed by atoms with van der Waals surface area (Å²) in [4.78, 5) is 24.5. The lowest BCUT2D eigenvalue weighted by Gasteiger charge is -2.27. The summed E-state index contributed by atoms with van der Waals surface area (Å²) in [5.74, 6) is -0.357. The second-order valence-corrected chi connectivity index (χ2v) is 6.04. The molecule has 1 rings (SSSR count). The highest BCUT2D eigenvalue weighted by Crippen LogP contribution is 2.10. The van der Waals surface area contributed by atoms with Crippen LogP contribution in [-0.4, -0.2) is 35.6 Å². The minimum absolute atomic E-state index is 0.00816. The van der Waals surface area contributed by atoms with E-state index in [1.54, 1.807) is 12.1 Å². The summed E-state index contributed by atoms with van der Waals surface area (Å²) in [6.45, 7) is 7.69. The molecule has 0 aliphatic carbocycles. The van der Waals surface area contributed by atoms with Gasteiger partial charge in [-0.05, 0) is 30.4 Å². The maximum atomic E-state index is 12.4. The molecule has 0 aliphatic rings. The van der Waals surface area contributed by atoms with Crippen LogP contribution < -0.4 is 10.6 Å². The van der Waals surface area contributed by atoms with Gasteiger partial charge in [-0.15, -0.1) is 0 Å². The molecule has 0 radical (unpaired) electrons. The van der Waals surface area contributed by atoms with Crippen LogP contribution in [0.1, 0.15) is 44.7 Å². The molecule has 1 aromatic rings. The fourth-order valence-electron chi connectivity index (χ4n) is 2.14. The number of furan rings is 1. The SMILES string of the molecule is CC(C)C(CCO)NC(=O)C(NC(=O)c1ccco1)C(C)C. The van der Waals surface area contributed by atoms with Gasteiger partial charge in [-0.3, -0.25) is 9.59 Å². The number of carbonyl (C=O) groups excluding carboxylic acids is 2. The van der Waals surface area contributed by atoms with E-state index in [1.165, 1.54) is 6.26 Å². The van der Waals surface area contributed by atoms with Gasteiger partial charge in [-0.1, -0.05) is 27.7 Å². The zero-order chi connectivity index (χ0) is 16.7. The van der Waals surface area contributed by atoms with Crippen molar-refractivity contribution in [1.82, 2.24) is 10.6 Å². The second kappa shape index (κ2) is 8.58. The summed E-state index contributed by atoms with van der Waals surface area (Å²) in [6, 6.07) is 2.39. The predicted molar refractivity (Wildman–Crippen MR) is 83.3 cm³/mol. The molecule has 0 fully saturated rings. The number of rotatable bonds is 8. The van der Waals surface area contributed by atoms with Crippen molar-refractivity contribution < 1.29 is 19.1 Å². The Bertz CT molecular complexity index is 469. The Morgan fingerprint density at radius 2 is 1.86 bits per heavy atom. The van der Waals surface area contributed by atoms with Crippen LogP contribution >= 0.6 is 0 Å². The number of aliphatic hydroxyl groups is 1. The van der Waals surface area contributed by atoms with Crippen molar-refractivity contribution in [3.05, 3.63) is 24.2 Å². The Labute approximate surface area is 131 Å². The molecule has 2 amide bonds. The van der Waals surface area contributed by atoms with Crippen LogP contribution in [0.4, 0.5) is 0 Å². The van der Waals surface area contributed by atoms with Crippen molar-refractivity contribution in [1.29, 1.82) is 0 Å². The third-order valence-corrected chi connectivity index (χ3v) is 3.55. The van der Waals surface area contributed by atoms with E-state index in [-0.39, 0.29) is 36.2 Å². The number of hydrogen-bond donors (Lipinski definition) is 3. The lowest BCUT2D eigenvalue weighted by atomic mass is 9.98. The standard InChI is InChI=1S/C16H26N2O4/c1-10(2)12(7-8-19)17-16(21)14(11(3)4)18-15(20)13-6-5-9-22-13/h5-6,9-12,14,19H,7-8H2,1-4H3,(H,17,21)(H,18,20). The maximum absolute atomic E-state index is 12.4. The Morgan fingerprint density at radius 1 is 1.18 bits per heavy atom. The van der Waals surface area contributed by atoms with Gasteiger partial charge >= 0.3 is 0 Å². The van der Waals surface area contributed by atoms with Crippen LogP contribution in [-0.2, 0) is 4.79 Å². The summed E-state index contributed by atoms with van der Waals surface area (Å²) < 4.78 is 5.04. The third-order valence-electron chi connectivity index (χ3n) is 3.55. The summed E-state index contributed by atoms with van der Waals surface area (Å²) in [5.41, 5.74) is 0. The number of hydrogen-bond acceptors (Lipinski definition) is 4. The van der Waals surface area contributed by atoms with Crippen LogP contribution in [0, 0.1) is 11.8 Å². The Morgan fingerprint density at radius 3 is 2.32 bits per heavy atom. The van der Waals surface area contributed by atoms with Crippen LogP contribution in [0.15, 0.2) is 22.8 Å². The van der Waals surface area contributed by atoms with Gasteiger partial charge in [0, 0.05) is 12.6 Å². The molecular weight excluding hydrogens is 284 g/mol. The molecular formula is C16H26N2O4. The van der Waals surface area contributed by atoms with Gasteiger partial charge in [0.1, 0.15) is 6.04 Å². The van der Waals surface area contributed by atoms with E-state index in [0.717, 1.165) is 0 Å². The predicted octanol–water partition coefficient (Wildman–Crippen LogP) is 1.56. The molecule has 0 saturated carbocycles. The van der Waals surface area contributed by atoms with Crippen LogP contribution in [0.5, 0.6) is 0 Å². The highest BCUT2D eigenvalue weighted by atomic mass is 16.3. The number of amides is 2. The van der Waals surface area contributed by atoms with Gasteiger partial charge in [0.05, 0.1) is 6.26 Å². The van der Waals surface area contributed by atoms with Crippen LogP contribution in [0.3, 0.4) is 0 Å². The van der Waals surface area contributed by atoms with Crippen molar-refractivity contribution in [2.45, 2.75) is 46.2 Å². The molecule has 1 aromatic heterocycles.